The molecule has 0 spiro atoms. The van der Waals surface area contributed by atoms with Crippen LogP contribution in [0.15, 0.2) is 47.4 Å². The number of Topliss-reactive ketones (excluding diaryl/α,β-unsaturated/α-hetero) is 1. The number of ether oxygens (including phenoxy) is 2. The van der Waals surface area contributed by atoms with Crippen molar-refractivity contribution in [2.24, 2.45) is 5.92 Å². The molecule has 0 aromatic heterocycles. The van der Waals surface area contributed by atoms with Gasteiger partial charge in [-0.3, -0.25) is 4.79 Å². The second kappa shape index (κ2) is 6.87. The molecule has 150 valence electrons. The molecule has 0 radical (unpaired) electrons. The predicted octanol–water partition coefficient (Wildman–Crippen LogP) is -0.644. The molecule has 0 bridgehead atoms. The fourth-order valence-electron chi connectivity index (χ4n) is 3.89. The van der Waals surface area contributed by atoms with Gasteiger partial charge in [0, 0.05) is 0 Å². The van der Waals surface area contributed by atoms with Crippen LogP contribution in [0, 0.1) is 5.92 Å². The van der Waals surface area contributed by atoms with Crippen LogP contribution in [0.3, 0.4) is 0 Å². The highest BCUT2D eigenvalue weighted by molar-refractivity contribution is 6.03. The van der Waals surface area contributed by atoms with Gasteiger partial charge in [0.1, 0.15) is 59.8 Å². The van der Waals surface area contributed by atoms with Crippen molar-refractivity contribution in [3.05, 3.63) is 53.0 Å². The first-order valence-corrected chi connectivity index (χ1v) is 8.79. The summed E-state index contributed by atoms with van der Waals surface area (Å²) >= 11 is 0. The SMILES string of the molecule is O=C1c2ccccc2O[C@@H]2C=C(O)C([C@@H]3O[C@@H](CO)[C@@H](O)[C@@H](O)[C@H]3O)=C(O)[C@@H]12. The van der Waals surface area contributed by atoms with Gasteiger partial charge in [-0.2, -0.15) is 0 Å². The Morgan fingerprint density at radius 2 is 1.71 bits per heavy atom. The molecule has 9 nitrogen and oxygen atoms in total. The van der Waals surface area contributed by atoms with Gasteiger partial charge >= 0.3 is 0 Å². The van der Waals surface area contributed by atoms with Gasteiger partial charge in [0.05, 0.1) is 17.7 Å². The van der Waals surface area contributed by atoms with E-state index in [4.69, 9.17) is 9.47 Å². The van der Waals surface area contributed by atoms with Crippen molar-refractivity contribution in [2.45, 2.75) is 36.6 Å². The molecule has 0 unspecified atom stereocenters. The van der Waals surface area contributed by atoms with Crippen LogP contribution >= 0.6 is 0 Å². The van der Waals surface area contributed by atoms with Crippen LogP contribution in [0.2, 0.25) is 0 Å². The summed E-state index contributed by atoms with van der Waals surface area (Å²) in [5.74, 6) is -2.34. The summed E-state index contributed by atoms with van der Waals surface area (Å²) in [5.41, 5.74) is -0.0345. The minimum Gasteiger partial charge on any atom is -0.511 e. The minimum absolute atomic E-state index is 0.262. The number of hydrogen-bond acceptors (Lipinski definition) is 9. The fraction of sp³-hybridized carbons (Fsp3) is 0.421. The van der Waals surface area contributed by atoms with E-state index >= 15 is 0 Å². The molecule has 1 aromatic rings. The normalized spacial score (nSPS) is 37.6. The summed E-state index contributed by atoms with van der Waals surface area (Å²) in [6, 6.07) is 6.48. The molecule has 4 rings (SSSR count). The Bertz CT molecular complexity index is 859. The van der Waals surface area contributed by atoms with Crippen molar-refractivity contribution < 1.29 is 44.9 Å². The third-order valence-corrected chi connectivity index (χ3v) is 5.37. The van der Waals surface area contributed by atoms with E-state index in [0.29, 0.717) is 5.75 Å². The van der Waals surface area contributed by atoms with Crippen molar-refractivity contribution in [1.29, 1.82) is 0 Å². The van der Waals surface area contributed by atoms with Gasteiger partial charge in [0.15, 0.2) is 5.78 Å². The number of hydrogen-bond donors (Lipinski definition) is 6. The average Bonchev–Trinajstić information content (AvgIpc) is 2.67. The zero-order valence-electron chi connectivity index (χ0n) is 14.5. The first-order valence-electron chi connectivity index (χ1n) is 8.79. The fourth-order valence-corrected chi connectivity index (χ4v) is 3.89. The number of carbonyl (C=O) groups excluding carboxylic acids is 1. The number of fused-ring (bicyclic) bond motifs is 2. The maximum absolute atomic E-state index is 12.9. The molecule has 6 N–H and O–H groups in total. The number of benzene rings is 1. The molecule has 1 fully saturated rings. The van der Waals surface area contributed by atoms with E-state index < -0.39 is 66.5 Å². The van der Waals surface area contributed by atoms with Crippen molar-refractivity contribution in [2.75, 3.05) is 6.61 Å². The van der Waals surface area contributed by atoms with Crippen molar-refractivity contribution in [3.63, 3.8) is 0 Å². The van der Waals surface area contributed by atoms with E-state index in [1.165, 1.54) is 6.08 Å². The Kier molecular flexibility index (Phi) is 4.64. The number of para-hydroxylation sites is 1. The number of rotatable bonds is 2. The smallest absolute Gasteiger partial charge is 0.181 e. The van der Waals surface area contributed by atoms with Crippen LogP contribution in [0.4, 0.5) is 0 Å². The van der Waals surface area contributed by atoms with E-state index in [0.717, 1.165) is 0 Å². The molecular weight excluding hydrogens is 372 g/mol. The summed E-state index contributed by atoms with van der Waals surface area (Å²) in [4.78, 5) is 12.9. The van der Waals surface area contributed by atoms with Crippen LogP contribution in [0.25, 0.3) is 0 Å². The predicted molar refractivity (Wildman–Crippen MR) is 92.8 cm³/mol. The highest BCUT2D eigenvalue weighted by atomic mass is 16.5. The van der Waals surface area contributed by atoms with Gasteiger partial charge in [-0.05, 0) is 18.2 Å². The van der Waals surface area contributed by atoms with Gasteiger partial charge in [-0.25, -0.2) is 0 Å². The molecule has 28 heavy (non-hydrogen) atoms. The first-order chi connectivity index (χ1) is 13.3. The maximum atomic E-state index is 12.9. The Balaban J connectivity index is 1.75. The monoisotopic (exact) mass is 392 g/mol. The van der Waals surface area contributed by atoms with Crippen LogP contribution in [0.5, 0.6) is 5.75 Å². The lowest BCUT2D eigenvalue weighted by Gasteiger charge is -2.42. The molecule has 0 saturated carbocycles. The van der Waals surface area contributed by atoms with E-state index in [9.17, 15) is 35.4 Å². The molecule has 3 aliphatic rings. The van der Waals surface area contributed by atoms with Crippen LogP contribution in [0.1, 0.15) is 10.4 Å². The standard InChI is InChI=1S/C19H20O9/c20-6-11-15(23)17(25)18(26)19(28-11)12-8(21)5-10-13(16(12)24)14(22)7-3-1-2-4-9(7)27-10/h1-5,10-11,13,15,17-21,23-26H,6H2/t10-,11+,13-,15-,17-,18-,19+/m1/s1. The Morgan fingerprint density at radius 3 is 2.43 bits per heavy atom. The zero-order chi connectivity index (χ0) is 20.2. The number of ketones is 1. The Morgan fingerprint density at radius 1 is 1.00 bits per heavy atom. The van der Waals surface area contributed by atoms with E-state index in [1.807, 2.05) is 0 Å². The lowest BCUT2D eigenvalue weighted by Crippen LogP contribution is -2.59. The van der Waals surface area contributed by atoms with E-state index in [2.05, 4.69) is 0 Å². The summed E-state index contributed by atoms with van der Waals surface area (Å²) in [6.07, 6.45) is -7.45. The number of carbonyl (C=O) groups is 1. The highest BCUT2D eigenvalue weighted by Crippen LogP contribution is 2.41. The van der Waals surface area contributed by atoms with Crippen molar-refractivity contribution in [3.8, 4) is 5.75 Å². The molecule has 2 heterocycles. The van der Waals surface area contributed by atoms with Gasteiger partial charge in [-0.15, -0.1) is 0 Å². The molecule has 1 aromatic carbocycles. The zero-order valence-corrected chi connectivity index (χ0v) is 14.5. The largest absolute Gasteiger partial charge is 0.511 e. The summed E-state index contributed by atoms with van der Waals surface area (Å²) in [7, 11) is 0. The lowest BCUT2D eigenvalue weighted by atomic mass is 9.79. The molecule has 1 saturated heterocycles. The molecular formula is C19H20O9. The summed E-state index contributed by atoms with van der Waals surface area (Å²) in [5, 5.41) is 60.8. The van der Waals surface area contributed by atoms with Crippen LogP contribution in [-0.2, 0) is 4.74 Å². The average molecular weight is 392 g/mol. The van der Waals surface area contributed by atoms with Crippen molar-refractivity contribution in [1.82, 2.24) is 0 Å². The summed E-state index contributed by atoms with van der Waals surface area (Å²) < 4.78 is 11.1. The Hall–Kier alpha value is -2.43. The number of aliphatic hydroxyl groups excluding tert-OH is 6. The van der Waals surface area contributed by atoms with E-state index in [1.54, 1.807) is 24.3 Å². The lowest BCUT2D eigenvalue weighted by molar-refractivity contribution is -0.220. The molecule has 9 heteroatoms. The summed E-state index contributed by atoms with van der Waals surface area (Å²) in [6.45, 7) is -0.665. The second-order valence-electron chi connectivity index (χ2n) is 7.02. The quantitative estimate of drug-likeness (QED) is 0.385. The molecule has 7 atom stereocenters. The molecule has 1 aliphatic carbocycles. The van der Waals surface area contributed by atoms with Gasteiger partial charge in [0.2, 0.25) is 0 Å². The first kappa shape index (κ1) is 18.9. The highest BCUT2D eigenvalue weighted by Gasteiger charge is 2.50. The topological polar surface area (TPSA) is 157 Å². The molecule has 2 aliphatic heterocycles. The maximum Gasteiger partial charge on any atom is 0.181 e. The van der Waals surface area contributed by atoms with Crippen LogP contribution < -0.4 is 4.74 Å². The van der Waals surface area contributed by atoms with Gasteiger partial charge in [0.25, 0.3) is 0 Å². The molecule has 0 amide bonds. The second-order valence-corrected chi connectivity index (χ2v) is 7.02. The van der Waals surface area contributed by atoms with Gasteiger partial charge in [-0.1, -0.05) is 12.1 Å². The van der Waals surface area contributed by atoms with Gasteiger partial charge < -0.3 is 40.1 Å². The third-order valence-electron chi connectivity index (χ3n) is 5.37. The van der Waals surface area contributed by atoms with E-state index in [-0.39, 0.29) is 11.1 Å². The minimum atomic E-state index is -1.71. The van der Waals surface area contributed by atoms with Crippen LogP contribution in [-0.4, -0.2) is 79.7 Å². The Labute approximate surface area is 159 Å². The third kappa shape index (κ3) is 2.71. The van der Waals surface area contributed by atoms with Crippen molar-refractivity contribution >= 4 is 5.78 Å². The number of aliphatic hydroxyl groups is 6.